The summed E-state index contributed by atoms with van der Waals surface area (Å²) in [5.41, 5.74) is 2.63. The Kier molecular flexibility index (Phi) is 4.84. The first-order valence-electron chi connectivity index (χ1n) is 6.47. The van der Waals surface area contributed by atoms with Crippen molar-refractivity contribution in [2.45, 2.75) is 32.9 Å². The van der Waals surface area contributed by atoms with E-state index in [1.54, 1.807) is 11.3 Å². The van der Waals surface area contributed by atoms with E-state index >= 15 is 0 Å². The number of fused-ring (bicyclic) bond motifs is 1. The molecule has 2 aromatic heterocycles. The summed E-state index contributed by atoms with van der Waals surface area (Å²) in [4.78, 5) is 12.1. The van der Waals surface area contributed by atoms with Crippen molar-refractivity contribution in [1.82, 2.24) is 14.9 Å². The van der Waals surface area contributed by atoms with Crippen LogP contribution in [-0.4, -0.2) is 27.5 Å². The molecular formula is C13H18N6S. The lowest BCUT2D eigenvalue weighted by molar-refractivity contribution is 0.213. The highest BCUT2D eigenvalue weighted by Crippen LogP contribution is 2.24. The predicted octanol–water partition coefficient (Wildman–Crippen LogP) is 2.10. The fraction of sp³-hybridized carbons (Fsp3) is 0.462. The van der Waals surface area contributed by atoms with Crippen molar-refractivity contribution in [2.75, 3.05) is 12.0 Å². The number of rotatable bonds is 6. The monoisotopic (exact) mass is 290 g/mol. The number of hydrogen-bond acceptors (Lipinski definition) is 7. The second-order valence-corrected chi connectivity index (χ2v) is 5.64. The Labute approximate surface area is 122 Å². The van der Waals surface area contributed by atoms with Gasteiger partial charge in [-0.25, -0.2) is 15.8 Å². The third-order valence-corrected chi connectivity index (χ3v) is 3.90. The van der Waals surface area contributed by atoms with E-state index in [1.165, 1.54) is 0 Å². The van der Waals surface area contributed by atoms with Gasteiger partial charge < -0.3 is 5.43 Å². The number of thiophene rings is 1. The van der Waals surface area contributed by atoms with Gasteiger partial charge >= 0.3 is 0 Å². The average Bonchev–Trinajstić information content (AvgIpc) is 2.90. The normalized spacial score (nSPS) is 11.2. The number of nitrogen functional groups attached to an aromatic ring is 1. The Hall–Kier alpha value is -1.75. The molecule has 2 heterocycles. The summed E-state index contributed by atoms with van der Waals surface area (Å²) in [5, 5.41) is 11.6. The van der Waals surface area contributed by atoms with Gasteiger partial charge in [0.05, 0.1) is 18.0 Å². The van der Waals surface area contributed by atoms with Gasteiger partial charge in [0.2, 0.25) is 0 Å². The molecule has 0 fully saturated rings. The topological polar surface area (TPSA) is 90.9 Å². The number of nitriles is 1. The smallest absolute Gasteiger partial charge is 0.152 e. The lowest BCUT2D eigenvalue weighted by Gasteiger charge is -2.24. The fourth-order valence-corrected chi connectivity index (χ4v) is 2.76. The summed E-state index contributed by atoms with van der Waals surface area (Å²) < 4.78 is 0. The molecular weight excluding hydrogens is 272 g/mol. The molecule has 0 aliphatic carbocycles. The average molecular weight is 290 g/mol. The van der Waals surface area contributed by atoms with Crippen LogP contribution in [0.5, 0.6) is 0 Å². The summed E-state index contributed by atoms with van der Waals surface area (Å²) in [7, 11) is 0. The second-order valence-electron chi connectivity index (χ2n) is 4.74. The summed E-state index contributed by atoms with van der Waals surface area (Å²) in [5.74, 6) is 6.89. The SMILES string of the molecule is CC(C)N(CCC#N)Cc1nc(NN)c2ccsc2n1. The van der Waals surface area contributed by atoms with Crippen LogP contribution in [0.3, 0.4) is 0 Å². The van der Waals surface area contributed by atoms with E-state index in [0.717, 1.165) is 16.0 Å². The van der Waals surface area contributed by atoms with Crippen LogP contribution in [0.2, 0.25) is 0 Å². The van der Waals surface area contributed by atoms with Crippen LogP contribution in [0.1, 0.15) is 26.1 Å². The Morgan fingerprint density at radius 3 is 2.95 bits per heavy atom. The van der Waals surface area contributed by atoms with Crippen molar-refractivity contribution < 1.29 is 0 Å². The first-order chi connectivity index (χ1) is 9.65. The van der Waals surface area contributed by atoms with Crippen LogP contribution in [0.25, 0.3) is 10.2 Å². The second kappa shape index (κ2) is 6.61. The largest absolute Gasteiger partial charge is 0.308 e. The van der Waals surface area contributed by atoms with Crippen LogP contribution in [0, 0.1) is 11.3 Å². The molecule has 106 valence electrons. The molecule has 0 aromatic carbocycles. The minimum Gasteiger partial charge on any atom is -0.308 e. The number of anilines is 1. The number of aromatic nitrogens is 2. The van der Waals surface area contributed by atoms with Gasteiger partial charge in [0.15, 0.2) is 5.82 Å². The van der Waals surface area contributed by atoms with E-state index in [2.05, 4.69) is 40.2 Å². The van der Waals surface area contributed by atoms with Crippen LogP contribution >= 0.6 is 11.3 Å². The summed E-state index contributed by atoms with van der Waals surface area (Å²) >= 11 is 1.57. The number of hydrogen-bond donors (Lipinski definition) is 2. The van der Waals surface area contributed by atoms with Crippen LogP contribution < -0.4 is 11.3 Å². The molecule has 3 N–H and O–H groups in total. The maximum Gasteiger partial charge on any atom is 0.152 e. The maximum absolute atomic E-state index is 8.73. The van der Waals surface area contributed by atoms with Crippen molar-refractivity contribution in [2.24, 2.45) is 5.84 Å². The number of nitrogens with two attached hydrogens (primary N) is 1. The highest BCUT2D eigenvalue weighted by atomic mass is 32.1. The van der Waals surface area contributed by atoms with Gasteiger partial charge in [-0.1, -0.05) is 0 Å². The van der Waals surface area contributed by atoms with Crippen LogP contribution in [-0.2, 0) is 6.54 Å². The first kappa shape index (κ1) is 14.7. The van der Waals surface area contributed by atoms with Gasteiger partial charge in [-0.15, -0.1) is 11.3 Å². The van der Waals surface area contributed by atoms with Gasteiger partial charge in [0, 0.05) is 19.0 Å². The molecule has 0 amide bonds. The number of nitrogens with zero attached hydrogens (tertiary/aromatic N) is 4. The van der Waals surface area contributed by atoms with Crippen molar-refractivity contribution >= 4 is 27.4 Å². The number of nitrogens with one attached hydrogen (secondary N) is 1. The highest BCUT2D eigenvalue weighted by molar-refractivity contribution is 7.16. The molecule has 0 saturated carbocycles. The molecule has 0 radical (unpaired) electrons. The lowest BCUT2D eigenvalue weighted by atomic mass is 10.3. The minimum atomic E-state index is 0.334. The predicted molar refractivity (Wildman–Crippen MR) is 81.0 cm³/mol. The summed E-state index contributed by atoms with van der Waals surface area (Å²) in [6, 6.07) is 4.46. The molecule has 0 atom stereocenters. The Morgan fingerprint density at radius 2 is 2.30 bits per heavy atom. The Balaban J connectivity index is 2.25. The van der Waals surface area contributed by atoms with E-state index in [4.69, 9.17) is 11.1 Å². The quantitative estimate of drug-likeness (QED) is 0.625. The molecule has 2 aromatic rings. The van der Waals surface area contributed by atoms with E-state index in [1.807, 2.05) is 11.4 Å². The molecule has 20 heavy (non-hydrogen) atoms. The van der Waals surface area contributed by atoms with E-state index < -0.39 is 0 Å². The Bertz CT molecular complexity index is 615. The van der Waals surface area contributed by atoms with E-state index in [9.17, 15) is 0 Å². The van der Waals surface area contributed by atoms with Gasteiger partial charge in [0.25, 0.3) is 0 Å². The minimum absolute atomic E-state index is 0.334. The third kappa shape index (κ3) is 3.22. The molecule has 0 aliphatic heterocycles. The van der Waals surface area contributed by atoms with Gasteiger partial charge in [-0.05, 0) is 25.3 Å². The van der Waals surface area contributed by atoms with Crippen LogP contribution in [0.15, 0.2) is 11.4 Å². The van der Waals surface area contributed by atoms with E-state index in [-0.39, 0.29) is 0 Å². The van der Waals surface area contributed by atoms with Gasteiger partial charge in [-0.2, -0.15) is 5.26 Å². The molecule has 6 nitrogen and oxygen atoms in total. The van der Waals surface area contributed by atoms with Crippen LogP contribution in [0.4, 0.5) is 5.82 Å². The summed E-state index contributed by atoms with van der Waals surface area (Å²) in [6.45, 7) is 5.53. The Morgan fingerprint density at radius 1 is 1.50 bits per heavy atom. The first-order valence-corrected chi connectivity index (χ1v) is 7.35. The molecule has 2 rings (SSSR count). The van der Waals surface area contributed by atoms with Gasteiger partial charge in [0.1, 0.15) is 10.7 Å². The van der Waals surface area contributed by atoms with Crippen molar-refractivity contribution in [3.05, 3.63) is 17.3 Å². The summed E-state index contributed by atoms with van der Waals surface area (Å²) in [6.07, 6.45) is 0.501. The fourth-order valence-electron chi connectivity index (χ4n) is 1.98. The maximum atomic E-state index is 8.73. The van der Waals surface area contributed by atoms with Crippen molar-refractivity contribution in [1.29, 1.82) is 5.26 Å². The molecule has 0 bridgehead atoms. The molecule has 0 spiro atoms. The molecule has 0 saturated heterocycles. The van der Waals surface area contributed by atoms with Crippen molar-refractivity contribution in [3.63, 3.8) is 0 Å². The number of hydrazine groups is 1. The molecule has 0 aliphatic rings. The zero-order valence-electron chi connectivity index (χ0n) is 11.6. The zero-order chi connectivity index (χ0) is 14.5. The highest BCUT2D eigenvalue weighted by Gasteiger charge is 2.14. The molecule has 0 unspecified atom stereocenters. The van der Waals surface area contributed by atoms with E-state index in [0.29, 0.717) is 31.4 Å². The zero-order valence-corrected chi connectivity index (χ0v) is 12.4. The van der Waals surface area contributed by atoms with Crippen molar-refractivity contribution in [3.8, 4) is 6.07 Å². The van der Waals surface area contributed by atoms with Gasteiger partial charge in [-0.3, -0.25) is 4.90 Å². The third-order valence-electron chi connectivity index (χ3n) is 3.09. The lowest BCUT2D eigenvalue weighted by Crippen LogP contribution is -2.32. The standard InChI is InChI=1S/C13H18N6S/c1-9(2)19(6-3-5-14)8-11-16-12(18-15)10-4-7-20-13(10)17-11/h4,7,9H,3,6,8,15H2,1-2H3,(H,16,17,18). The molecule has 7 heteroatoms.